The summed E-state index contributed by atoms with van der Waals surface area (Å²) in [7, 11) is 0. The van der Waals surface area contributed by atoms with Gasteiger partial charge < -0.3 is 10.0 Å². The first-order chi connectivity index (χ1) is 12.6. The van der Waals surface area contributed by atoms with Crippen LogP contribution in [0.3, 0.4) is 0 Å². The number of rotatable bonds is 6. The van der Waals surface area contributed by atoms with Gasteiger partial charge in [0.05, 0.1) is 23.2 Å². The summed E-state index contributed by atoms with van der Waals surface area (Å²) in [6, 6.07) is 0. The number of aryl methyl sites for hydroxylation is 2. The smallest absolute Gasteiger partial charge is 0.264 e. The Morgan fingerprint density at radius 1 is 1.27 bits per heavy atom. The van der Waals surface area contributed by atoms with E-state index in [4.69, 9.17) is 5.11 Å². The molecule has 0 aromatic carbocycles. The van der Waals surface area contributed by atoms with Gasteiger partial charge in [-0.25, -0.2) is 4.98 Å². The van der Waals surface area contributed by atoms with Crippen molar-refractivity contribution in [1.82, 2.24) is 19.4 Å². The van der Waals surface area contributed by atoms with E-state index in [2.05, 4.69) is 16.8 Å². The summed E-state index contributed by atoms with van der Waals surface area (Å²) >= 11 is 1.31. The molecule has 3 rings (SSSR count). The maximum absolute atomic E-state index is 13.0. The van der Waals surface area contributed by atoms with E-state index in [0.717, 1.165) is 31.5 Å². The summed E-state index contributed by atoms with van der Waals surface area (Å²) < 4.78 is 1.65. The minimum absolute atomic E-state index is 0.0198. The van der Waals surface area contributed by atoms with Crippen LogP contribution in [0.25, 0.3) is 10.2 Å². The van der Waals surface area contributed by atoms with E-state index in [9.17, 15) is 9.59 Å². The van der Waals surface area contributed by atoms with Crippen molar-refractivity contribution < 1.29 is 9.90 Å². The Balaban J connectivity index is 1.84. The van der Waals surface area contributed by atoms with Crippen LogP contribution in [0.15, 0.2) is 11.1 Å². The van der Waals surface area contributed by atoms with E-state index in [1.165, 1.54) is 11.3 Å². The highest BCUT2D eigenvalue weighted by atomic mass is 32.1. The van der Waals surface area contributed by atoms with E-state index in [1.807, 2.05) is 11.8 Å². The van der Waals surface area contributed by atoms with Crippen molar-refractivity contribution in [2.45, 2.75) is 33.2 Å². The predicted octanol–water partition coefficient (Wildman–Crippen LogP) is 1.32. The summed E-state index contributed by atoms with van der Waals surface area (Å²) in [5, 5.41) is 9.61. The number of amides is 1. The molecule has 0 bridgehead atoms. The van der Waals surface area contributed by atoms with Gasteiger partial charge in [-0.3, -0.25) is 19.1 Å². The second kappa shape index (κ2) is 8.28. The standard InChI is InChI=1S/C18H26N4O3S/c1-3-4-5-22-12-19-16-14(17(22)24)13(2)15(26-16)18(25)21-8-6-20(7-9-21)10-11-23/h12,23H,3-11H2,1-2H3. The third-order valence-electron chi connectivity index (χ3n) is 4.94. The molecule has 0 aliphatic carbocycles. The molecule has 142 valence electrons. The first kappa shape index (κ1) is 19.0. The number of unbranched alkanes of at least 4 members (excludes halogenated alkanes) is 1. The van der Waals surface area contributed by atoms with Crippen molar-refractivity contribution in [1.29, 1.82) is 0 Å². The van der Waals surface area contributed by atoms with Gasteiger partial charge in [0.15, 0.2) is 0 Å². The number of carbonyl (C=O) groups is 1. The summed E-state index contributed by atoms with van der Waals surface area (Å²) in [5.41, 5.74) is 0.695. The number of β-amino-alcohol motifs (C(OH)–C–C–N with tert-alkyl or cyclic N) is 1. The molecule has 26 heavy (non-hydrogen) atoms. The minimum atomic E-state index is -0.0518. The number of piperazine rings is 1. The summed E-state index contributed by atoms with van der Waals surface area (Å²) in [5.74, 6) is -0.0198. The van der Waals surface area contributed by atoms with Crippen LogP contribution >= 0.6 is 11.3 Å². The zero-order valence-electron chi connectivity index (χ0n) is 15.4. The number of aromatic nitrogens is 2. The number of thiophene rings is 1. The molecular formula is C18H26N4O3S. The van der Waals surface area contributed by atoms with Crippen LogP contribution in [-0.2, 0) is 6.54 Å². The van der Waals surface area contributed by atoms with Gasteiger partial charge >= 0.3 is 0 Å². The molecule has 0 saturated carbocycles. The summed E-state index contributed by atoms with van der Waals surface area (Å²) in [4.78, 5) is 35.4. The van der Waals surface area contributed by atoms with Crippen molar-refractivity contribution in [3.05, 3.63) is 27.1 Å². The van der Waals surface area contributed by atoms with Gasteiger partial charge in [0.25, 0.3) is 11.5 Å². The van der Waals surface area contributed by atoms with Gasteiger partial charge in [-0.15, -0.1) is 11.3 Å². The van der Waals surface area contributed by atoms with Crippen LogP contribution < -0.4 is 5.56 Å². The Morgan fingerprint density at radius 3 is 2.65 bits per heavy atom. The molecule has 1 N–H and O–H groups in total. The highest BCUT2D eigenvalue weighted by Crippen LogP contribution is 2.28. The molecule has 3 heterocycles. The van der Waals surface area contributed by atoms with E-state index in [-0.39, 0.29) is 18.1 Å². The Bertz CT molecular complexity index is 837. The normalized spacial score (nSPS) is 15.7. The molecule has 2 aromatic heterocycles. The van der Waals surface area contributed by atoms with E-state index >= 15 is 0 Å². The van der Waals surface area contributed by atoms with Crippen LogP contribution in [0.5, 0.6) is 0 Å². The zero-order chi connectivity index (χ0) is 18.7. The molecule has 0 spiro atoms. The van der Waals surface area contributed by atoms with Crippen LogP contribution in [-0.4, -0.2) is 69.7 Å². The summed E-state index contributed by atoms with van der Waals surface area (Å²) in [6.45, 7) is 8.18. The number of aliphatic hydroxyl groups excluding tert-OH is 1. The first-order valence-corrected chi connectivity index (χ1v) is 9.99. The Morgan fingerprint density at radius 2 is 2.00 bits per heavy atom. The van der Waals surface area contributed by atoms with E-state index in [0.29, 0.717) is 41.3 Å². The lowest BCUT2D eigenvalue weighted by atomic mass is 10.2. The lowest BCUT2D eigenvalue weighted by Gasteiger charge is -2.34. The molecule has 2 aromatic rings. The van der Waals surface area contributed by atoms with Gasteiger partial charge in [0, 0.05) is 39.3 Å². The van der Waals surface area contributed by atoms with Gasteiger partial charge in [-0.1, -0.05) is 13.3 Å². The molecule has 7 nitrogen and oxygen atoms in total. The predicted molar refractivity (Wildman–Crippen MR) is 103 cm³/mol. The molecule has 0 atom stereocenters. The van der Waals surface area contributed by atoms with Crippen LogP contribution in [0.2, 0.25) is 0 Å². The van der Waals surface area contributed by atoms with Gasteiger partial charge in [0.2, 0.25) is 0 Å². The monoisotopic (exact) mass is 378 g/mol. The van der Waals surface area contributed by atoms with Crippen molar-refractivity contribution >= 4 is 27.5 Å². The van der Waals surface area contributed by atoms with E-state index < -0.39 is 0 Å². The molecule has 1 aliphatic heterocycles. The zero-order valence-corrected chi connectivity index (χ0v) is 16.2. The Hall–Kier alpha value is -1.77. The van der Waals surface area contributed by atoms with Crippen molar-refractivity contribution in [3.63, 3.8) is 0 Å². The third kappa shape index (κ3) is 3.67. The fourth-order valence-electron chi connectivity index (χ4n) is 3.31. The van der Waals surface area contributed by atoms with Crippen LogP contribution in [0, 0.1) is 6.92 Å². The lowest BCUT2D eigenvalue weighted by Crippen LogP contribution is -2.49. The maximum atomic E-state index is 13.0. The van der Waals surface area contributed by atoms with E-state index in [1.54, 1.807) is 10.9 Å². The quantitative estimate of drug-likeness (QED) is 0.820. The number of hydrogen-bond donors (Lipinski definition) is 1. The van der Waals surface area contributed by atoms with Gasteiger partial charge in [-0.2, -0.15) is 0 Å². The highest BCUT2D eigenvalue weighted by molar-refractivity contribution is 7.20. The number of nitrogens with zero attached hydrogens (tertiary/aromatic N) is 4. The van der Waals surface area contributed by atoms with Gasteiger partial charge in [0.1, 0.15) is 4.83 Å². The number of fused-ring (bicyclic) bond motifs is 1. The lowest BCUT2D eigenvalue weighted by molar-refractivity contribution is 0.0619. The minimum Gasteiger partial charge on any atom is -0.395 e. The molecule has 1 amide bonds. The fraction of sp³-hybridized carbons (Fsp3) is 0.611. The number of aliphatic hydroxyl groups is 1. The molecular weight excluding hydrogens is 352 g/mol. The maximum Gasteiger partial charge on any atom is 0.264 e. The second-order valence-electron chi connectivity index (χ2n) is 6.69. The van der Waals surface area contributed by atoms with Gasteiger partial charge in [-0.05, 0) is 18.9 Å². The van der Waals surface area contributed by atoms with Crippen molar-refractivity contribution in [2.24, 2.45) is 0 Å². The van der Waals surface area contributed by atoms with Crippen LogP contribution in [0.4, 0.5) is 0 Å². The van der Waals surface area contributed by atoms with Crippen LogP contribution in [0.1, 0.15) is 35.0 Å². The Kier molecular flexibility index (Phi) is 6.05. The largest absolute Gasteiger partial charge is 0.395 e. The van der Waals surface area contributed by atoms with Crippen molar-refractivity contribution in [2.75, 3.05) is 39.3 Å². The number of hydrogen-bond acceptors (Lipinski definition) is 6. The first-order valence-electron chi connectivity index (χ1n) is 9.17. The highest BCUT2D eigenvalue weighted by Gasteiger charge is 2.26. The third-order valence-corrected chi connectivity index (χ3v) is 6.13. The second-order valence-corrected chi connectivity index (χ2v) is 7.69. The topological polar surface area (TPSA) is 78.7 Å². The average molecular weight is 378 g/mol. The molecule has 1 saturated heterocycles. The molecule has 0 radical (unpaired) electrons. The molecule has 8 heteroatoms. The fourth-order valence-corrected chi connectivity index (χ4v) is 4.42. The Labute approximate surface area is 156 Å². The van der Waals surface area contributed by atoms with Crippen molar-refractivity contribution in [3.8, 4) is 0 Å². The average Bonchev–Trinajstić information content (AvgIpc) is 2.99. The molecule has 1 fully saturated rings. The molecule has 1 aliphatic rings. The number of carbonyl (C=O) groups excluding carboxylic acids is 1. The summed E-state index contributed by atoms with van der Waals surface area (Å²) in [6.07, 6.45) is 3.54. The SMILES string of the molecule is CCCCn1cnc2sc(C(=O)N3CCN(CCO)CC3)c(C)c2c1=O. The molecule has 0 unspecified atom stereocenters.